The van der Waals surface area contributed by atoms with E-state index in [1.807, 2.05) is 50.8 Å². The zero-order valence-electron chi connectivity index (χ0n) is 16.6. The smallest absolute Gasteiger partial charge is 0.243 e. The molecule has 1 atom stereocenters. The van der Waals surface area contributed by atoms with Crippen LogP contribution in [-0.2, 0) is 16.0 Å². The molecule has 2 heterocycles. The van der Waals surface area contributed by atoms with E-state index in [0.29, 0.717) is 13.0 Å². The van der Waals surface area contributed by atoms with Gasteiger partial charge in [0.25, 0.3) is 0 Å². The van der Waals surface area contributed by atoms with Crippen LogP contribution in [0, 0.1) is 0 Å². The Morgan fingerprint density at radius 1 is 1.19 bits per heavy atom. The van der Waals surface area contributed by atoms with Gasteiger partial charge in [0, 0.05) is 23.4 Å². The van der Waals surface area contributed by atoms with Crippen LogP contribution in [0.4, 0.5) is 0 Å². The van der Waals surface area contributed by atoms with Gasteiger partial charge in [-0.15, -0.1) is 11.3 Å². The summed E-state index contributed by atoms with van der Waals surface area (Å²) in [4.78, 5) is 30.8. The van der Waals surface area contributed by atoms with Gasteiger partial charge >= 0.3 is 0 Å². The Kier molecular flexibility index (Phi) is 5.70. The quantitative estimate of drug-likeness (QED) is 0.790. The zero-order chi connectivity index (χ0) is 19.6. The van der Waals surface area contributed by atoms with Crippen molar-refractivity contribution in [2.45, 2.75) is 52.1 Å². The molecule has 0 spiro atoms. The van der Waals surface area contributed by atoms with E-state index in [0.717, 1.165) is 12.0 Å². The van der Waals surface area contributed by atoms with Crippen LogP contribution in [0.2, 0.25) is 0 Å². The predicted molar refractivity (Wildman–Crippen MR) is 110 cm³/mol. The highest BCUT2D eigenvalue weighted by molar-refractivity contribution is 7.10. The van der Waals surface area contributed by atoms with Crippen LogP contribution in [-0.4, -0.2) is 40.2 Å². The minimum Gasteiger partial charge on any atom is -0.330 e. The topological polar surface area (TPSA) is 40.6 Å². The molecule has 2 amide bonds. The number of hydrogen-bond acceptors (Lipinski definition) is 3. The molecular formula is C22H28N2O2S. The fraction of sp³-hybridized carbons (Fsp3) is 0.455. The molecule has 144 valence electrons. The molecule has 4 nitrogen and oxygen atoms in total. The summed E-state index contributed by atoms with van der Waals surface area (Å²) in [6.07, 6.45) is 1.28. The van der Waals surface area contributed by atoms with Gasteiger partial charge in [0.1, 0.15) is 6.54 Å². The third kappa shape index (κ3) is 4.08. The third-order valence-corrected chi connectivity index (χ3v) is 6.10. The van der Waals surface area contributed by atoms with Crippen LogP contribution in [0.3, 0.4) is 0 Å². The van der Waals surface area contributed by atoms with Crippen molar-refractivity contribution in [3.63, 3.8) is 0 Å². The molecule has 1 aliphatic heterocycles. The fourth-order valence-electron chi connectivity index (χ4n) is 3.70. The van der Waals surface area contributed by atoms with E-state index in [4.69, 9.17) is 0 Å². The lowest BCUT2D eigenvalue weighted by atomic mass is 9.93. The second-order valence-electron chi connectivity index (χ2n) is 7.95. The van der Waals surface area contributed by atoms with E-state index in [-0.39, 0.29) is 29.9 Å². The Hall–Kier alpha value is -2.14. The second-order valence-corrected chi connectivity index (χ2v) is 8.95. The zero-order valence-corrected chi connectivity index (χ0v) is 17.4. The van der Waals surface area contributed by atoms with E-state index < -0.39 is 0 Å². The SMILES string of the molecule is CCC(=O)N(CC(=O)N1CCc2sccc2[C@@H]1c1ccccc1)C(C)(C)C. The van der Waals surface area contributed by atoms with Gasteiger partial charge in [-0.05, 0) is 49.8 Å². The summed E-state index contributed by atoms with van der Waals surface area (Å²) >= 11 is 1.76. The molecule has 5 heteroatoms. The van der Waals surface area contributed by atoms with Crippen LogP contribution >= 0.6 is 11.3 Å². The maximum absolute atomic E-state index is 13.3. The maximum atomic E-state index is 13.3. The molecule has 1 aliphatic rings. The first-order valence-electron chi connectivity index (χ1n) is 9.54. The molecule has 3 rings (SSSR count). The summed E-state index contributed by atoms with van der Waals surface area (Å²) in [5, 5.41) is 2.11. The summed E-state index contributed by atoms with van der Waals surface area (Å²) in [5.74, 6) is 0.0257. The second kappa shape index (κ2) is 7.85. The summed E-state index contributed by atoms with van der Waals surface area (Å²) in [5.41, 5.74) is 1.96. The average molecular weight is 385 g/mol. The fourth-order valence-corrected chi connectivity index (χ4v) is 4.60. The summed E-state index contributed by atoms with van der Waals surface area (Å²) in [6, 6.07) is 12.2. The van der Waals surface area contributed by atoms with E-state index in [1.165, 1.54) is 10.4 Å². The van der Waals surface area contributed by atoms with Crippen LogP contribution in [0.25, 0.3) is 0 Å². The van der Waals surface area contributed by atoms with Crippen LogP contribution < -0.4 is 0 Å². The van der Waals surface area contributed by atoms with Crippen molar-refractivity contribution in [1.82, 2.24) is 9.80 Å². The number of hydrogen-bond donors (Lipinski definition) is 0. The minimum absolute atomic E-state index is 0.0115. The number of carbonyl (C=O) groups is 2. The first kappa shape index (κ1) is 19.6. The lowest BCUT2D eigenvalue weighted by molar-refractivity contribution is -0.145. The molecule has 0 fully saturated rings. The number of carbonyl (C=O) groups excluding carboxylic acids is 2. The number of thiophene rings is 1. The Labute approximate surface area is 165 Å². The lowest BCUT2D eigenvalue weighted by Crippen LogP contribution is -2.52. The number of nitrogens with zero attached hydrogens (tertiary/aromatic N) is 2. The van der Waals surface area contributed by atoms with E-state index in [1.54, 1.807) is 16.2 Å². The van der Waals surface area contributed by atoms with Crippen LogP contribution in [0.5, 0.6) is 0 Å². The van der Waals surface area contributed by atoms with Crippen molar-refractivity contribution < 1.29 is 9.59 Å². The van der Waals surface area contributed by atoms with Crippen molar-refractivity contribution in [1.29, 1.82) is 0 Å². The molecule has 0 radical (unpaired) electrons. The highest BCUT2D eigenvalue weighted by Crippen LogP contribution is 2.37. The maximum Gasteiger partial charge on any atom is 0.243 e. The van der Waals surface area contributed by atoms with E-state index in [2.05, 4.69) is 23.6 Å². The third-order valence-electron chi connectivity index (χ3n) is 5.11. The van der Waals surface area contributed by atoms with Gasteiger partial charge in [-0.1, -0.05) is 37.3 Å². The standard InChI is InChI=1S/C22H28N2O2S/c1-5-19(25)24(22(2,3)4)15-20(26)23-13-11-18-17(12-14-27-18)21(23)16-9-7-6-8-10-16/h6-10,12,14,21H,5,11,13,15H2,1-4H3/t21-/m0/s1. The summed E-state index contributed by atoms with van der Waals surface area (Å²) in [7, 11) is 0. The highest BCUT2D eigenvalue weighted by atomic mass is 32.1. The van der Waals surface area contributed by atoms with Crippen molar-refractivity contribution in [2.24, 2.45) is 0 Å². The van der Waals surface area contributed by atoms with Gasteiger partial charge in [-0.2, -0.15) is 0 Å². The van der Waals surface area contributed by atoms with E-state index in [9.17, 15) is 9.59 Å². The molecule has 0 aliphatic carbocycles. The molecule has 27 heavy (non-hydrogen) atoms. The number of benzene rings is 1. The Morgan fingerprint density at radius 2 is 1.89 bits per heavy atom. The van der Waals surface area contributed by atoms with Crippen molar-refractivity contribution in [3.8, 4) is 0 Å². The Bertz CT molecular complexity index is 807. The normalized spacial score (nSPS) is 16.7. The molecular weight excluding hydrogens is 356 g/mol. The molecule has 0 saturated carbocycles. The first-order chi connectivity index (χ1) is 12.8. The largest absolute Gasteiger partial charge is 0.330 e. The summed E-state index contributed by atoms with van der Waals surface area (Å²) < 4.78 is 0. The number of amides is 2. The molecule has 0 saturated heterocycles. The van der Waals surface area contributed by atoms with Gasteiger partial charge in [0.05, 0.1) is 6.04 Å². The monoisotopic (exact) mass is 384 g/mol. The molecule has 0 unspecified atom stereocenters. The van der Waals surface area contributed by atoms with Gasteiger partial charge in [-0.25, -0.2) is 0 Å². The van der Waals surface area contributed by atoms with Crippen molar-refractivity contribution >= 4 is 23.2 Å². The molecule has 1 aromatic carbocycles. The van der Waals surface area contributed by atoms with Crippen LogP contribution in [0.1, 0.15) is 56.2 Å². The average Bonchev–Trinajstić information content (AvgIpc) is 3.13. The predicted octanol–water partition coefficient (Wildman–Crippen LogP) is 4.26. The first-order valence-corrected chi connectivity index (χ1v) is 10.4. The lowest BCUT2D eigenvalue weighted by Gasteiger charge is -2.40. The van der Waals surface area contributed by atoms with Crippen LogP contribution in [0.15, 0.2) is 41.8 Å². The highest BCUT2D eigenvalue weighted by Gasteiger charge is 2.35. The van der Waals surface area contributed by atoms with Gasteiger partial charge in [0.15, 0.2) is 0 Å². The van der Waals surface area contributed by atoms with Crippen molar-refractivity contribution in [2.75, 3.05) is 13.1 Å². The Balaban J connectivity index is 1.92. The molecule has 1 aromatic heterocycles. The summed E-state index contributed by atoms with van der Waals surface area (Å²) in [6.45, 7) is 8.60. The minimum atomic E-state index is -0.381. The van der Waals surface area contributed by atoms with Gasteiger partial charge in [0.2, 0.25) is 11.8 Å². The molecule has 2 aromatic rings. The van der Waals surface area contributed by atoms with Crippen molar-refractivity contribution in [3.05, 3.63) is 57.8 Å². The van der Waals surface area contributed by atoms with Gasteiger partial charge < -0.3 is 9.80 Å². The molecule has 0 N–H and O–H groups in total. The number of fused-ring (bicyclic) bond motifs is 1. The number of rotatable bonds is 4. The van der Waals surface area contributed by atoms with Gasteiger partial charge in [-0.3, -0.25) is 9.59 Å². The van der Waals surface area contributed by atoms with E-state index >= 15 is 0 Å². The molecule has 0 bridgehead atoms. The Morgan fingerprint density at radius 3 is 2.52 bits per heavy atom.